The highest BCUT2D eigenvalue weighted by Crippen LogP contribution is 2.24. The van der Waals surface area contributed by atoms with E-state index in [-0.39, 0.29) is 11.0 Å². The van der Waals surface area contributed by atoms with Gasteiger partial charge in [-0.05, 0) is 42.8 Å². The molecule has 1 fully saturated rings. The number of benzene rings is 2. The molecule has 1 aliphatic rings. The van der Waals surface area contributed by atoms with Gasteiger partial charge >= 0.3 is 0 Å². The molecule has 0 radical (unpaired) electrons. The smallest absolute Gasteiger partial charge is 0.261 e. The van der Waals surface area contributed by atoms with E-state index in [1.807, 2.05) is 12.1 Å². The van der Waals surface area contributed by atoms with Crippen LogP contribution in [0.3, 0.4) is 0 Å². The summed E-state index contributed by atoms with van der Waals surface area (Å²) in [6.07, 6.45) is 1.28. The summed E-state index contributed by atoms with van der Waals surface area (Å²) < 4.78 is 32.5. The molecule has 0 saturated carbocycles. The van der Waals surface area contributed by atoms with Crippen molar-refractivity contribution in [3.05, 3.63) is 54.6 Å². The average Bonchev–Trinajstić information content (AvgIpc) is 3.05. The van der Waals surface area contributed by atoms with Crippen molar-refractivity contribution in [3.8, 4) is 0 Å². The summed E-state index contributed by atoms with van der Waals surface area (Å²) in [6, 6.07) is 15.8. The molecule has 0 spiro atoms. The van der Waals surface area contributed by atoms with Crippen LogP contribution in [0.5, 0.6) is 0 Å². The van der Waals surface area contributed by atoms with E-state index in [2.05, 4.69) is 9.62 Å². The van der Waals surface area contributed by atoms with Crippen LogP contribution in [-0.4, -0.2) is 34.7 Å². The van der Waals surface area contributed by atoms with Crippen molar-refractivity contribution < 1.29 is 13.2 Å². The number of nitrogens with zero attached hydrogens (tertiary/aromatic N) is 1. The minimum absolute atomic E-state index is 0.256. The highest BCUT2D eigenvalue weighted by atomic mass is 32.2. The van der Waals surface area contributed by atoms with E-state index in [1.54, 1.807) is 49.6 Å². The summed E-state index contributed by atoms with van der Waals surface area (Å²) in [4.78, 5) is 2.50. The first-order valence-electron chi connectivity index (χ1n) is 7.54. The molecule has 3 rings (SSSR count). The van der Waals surface area contributed by atoms with Crippen molar-refractivity contribution in [1.29, 1.82) is 0 Å². The Balaban J connectivity index is 1.71. The number of hydrogen-bond donors (Lipinski definition) is 1. The maximum Gasteiger partial charge on any atom is 0.261 e. The normalized spacial score (nSPS) is 18.1. The Hall–Kier alpha value is -2.05. The van der Waals surface area contributed by atoms with Gasteiger partial charge in [-0.3, -0.25) is 4.72 Å². The lowest BCUT2D eigenvalue weighted by Crippen LogP contribution is -2.22. The molecule has 5 nitrogen and oxygen atoms in total. The lowest BCUT2D eigenvalue weighted by Gasteiger charge is -2.18. The van der Waals surface area contributed by atoms with E-state index in [9.17, 15) is 8.42 Å². The fraction of sp³-hybridized carbons (Fsp3) is 0.294. The molecule has 0 aliphatic carbocycles. The van der Waals surface area contributed by atoms with E-state index in [4.69, 9.17) is 4.74 Å². The first-order chi connectivity index (χ1) is 11.1. The second-order valence-electron chi connectivity index (χ2n) is 5.56. The van der Waals surface area contributed by atoms with E-state index in [0.29, 0.717) is 5.69 Å². The largest absolute Gasteiger partial charge is 0.380 e. The van der Waals surface area contributed by atoms with E-state index >= 15 is 0 Å². The number of ether oxygens (including phenoxy) is 1. The fourth-order valence-electron chi connectivity index (χ4n) is 2.71. The average molecular weight is 332 g/mol. The molecule has 0 bridgehead atoms. The van der Waals surface area contributed by atoms with Crippen LogP contribution >= 0.6 is 0 Å². The van der Waals surface area contributed by atoms with E-state index in [0.717, 1.165) is 25.2 Å². The lowest BCUT2D eigenvalue weighted by molar-refractivity contribution is 0.121. The van der Waals surface area contributed by atoms with Gasteiger partial charge in [0.05, 0.1) is 11.0 Å². The second-order valence-corrected chi connectivity index (χ2v) is 7.24. The molecule has 2 aromatic carbocycles. The molecule has 6 heteroatoms. The Kier molecular flexibility index (Phi) is 4.54. The van der Waals surface area contributed by atoms with Gasteiger partial charge in [-0.15, -0.1) is 0 Å². The number of nitrogens with one attached hydrogen (secondary N) is 1. The Morgan fingerprint density at radius 1 is 1.09 bits per heavy atom. The predicted octanol–water partition coefficient (Wildman–Crippen LogP) is 2.71. The Morgan fingerprint density at radius 2 is 1.78 bits per heavy atom. The van der Waals surface area contributed by atoms with Gasteiger partial charge in [0.25, 0.3) is 10.0 Å². The van der Waals surface area contributed by atoms with Gasteiger partial charge in [0.15, 0.2) is 0 Å². The van der Waals surface area contributed by atoms with Crippen LogP contribution in [0, 0.1) is 0 Å². The molecule has 1 aliphatic heterocycles. The zero-order chi connectivity index (χ0) is 16.3. The first kappa shape index (κ1) is 15.8. The number of sulfonamides is 1. The molecule has 1 N–H and O–H groups in total. The first-order valence-corrected chi connectivity index (χ1v) is 9.02. The summed E-state index contributed by atoms with van der Waals surface area (Å²) in [5, 5.41) is 0. The Bertz CT molecular complexity index is 745. The Labute approximate surface area is 136 Å². The molecule has 1 atom stereocenters. The number of anilines is 2. The fourth-order valence-corrected chi connectivity index (χ4v) is 3.79. The summed E-state index contributed by atoms with van der Waals surface area (Å²) >= 11 is 0. The highest BCUT2D eigenvalue weighted by Gasteiger charge is 2.22. The maximum atomic E-state index is 12.3. The molecule has 1 saturated heterocycles. The van der Waals surface area contributed by atoms with Crippen molar-refractivity contribution in [3.63, 3.8) is 0 Å². The maximum absolute atomic E-state index is 12.3. The zero-order valence-electron chi connectivity index (χ0n) is 13.0. The second kappa shape index (κ2) is 6.60. The van der Waals surface area contributed by atoms with Crippen molar-refractivity contribution in [2.24, 2.45) is 0 Å². The number of hydrogen-bond acceptors (Lipinski definition) is 4. The number of rotatable bonds is 5. The van der Waals surface area contributed by atoms with Gasteiger partial charge in [0.2, 0.25) is 0 Å². The SMILES string of the molecule is COC1CCN(c2ccc(NS(=O)(=O)c3ccccc3)cc2)C1. The van der Waals surface area contributed by atoms with Gasteiger partial charge < -0.3 is 9.64 Å². The van der Waals surface area contributed by atoms with Crippen LogP contribution in [0.15, 0.2) is 59.5 Å². The highest BCUT2D eigenvalue weighted by molar-refractivity contribution is 7.92. The Morgan fingerprint density at radius 3 is 2.39 bits per heavy atom. The quantitative estimate of drug-likeness (QED) is 0.914. The van der Waals surface area contributed by atoms with Crippen molar-refractivity contribution in [2.75, 3.05) is 29.8 Å². The summed E-state index contributed by atoms with van der Waals surface area (Å²) in [6.45, 7) is 1.82. The monoisotopic (exact) mass is 332 g/mol. The van der Waals surface area contributed by atoms with Gasteiger partial charge in [0, 0.05) is 31.6 Å². The molecule has 1 heterocycles. The van der Waals surface area contributed by atoms with Crippen LogP contribution < -0.4 is 9.62 Å². The van der Waals surface area contributed by atoms with Crippen LogP contribution in [0.2, 0.25) is 0 Å². The van der Waals surface area contributed by atoms with Gasteiger partial charge in [-0.1, -0.05) is 18.2 Å². The van der Waals surface area contributed by atoms with Gasteiger partial charge in [-0.25, -0.2) is 8.42 Å². The lowest BCUT2D eigenvalue weighted by atomic mass is 10.2. The molecule has 0 amide bonds. The van der Waals surface area contributed by atoms with Crippen LogP contribution in [-0.2, 0) is 14.8 Å². The standard InChI is InChI=1S/C17H20N2O3S/c1-22-16-11-12-19(13-16)15-9-7-14(8-10-15)18-23(20,21)17-5-3-2-4-6-17/h2-10,16,18H,11-13H2,1H3. The summed E-state index contributed by atoms with van der Waals surface area (Å²) in [7, 11) is -1.81. The third kappa shape index (κ3) is 3.65. The third-order valence-corrected chi connectivity index (χ3v) is 5.41. The summed E-state index contributed by atoms with van der Waals surface area (Å²) in [5.41, 5.74) is 1.63. The van der Waals surface area contributed by atoms with Crippen molar-refractivity contribution >= 4 is 21.4 Å². The van der Waals surface area contributed by atoms with Crippen molar-refractivity contribution in [2.45, 2.75) is 17.4 Å². The van der Waals surface area contributed by atoms with Gasteiger partial charge in [0.1, 0.15) is 0 Å². The molecule has 1 unspecified atom stereocenters. The molecule has 23 heavy (non-hydrogen) atoms. The van der Waals surface area contributed by atoms with Crippen LogP contribution in [0.25, 0.3) is 0 Å². The summed E-state index contributed by atoms with van der Waals surface area (Å²) in [5.74, 6) is 0. The van der Waals surface area contributed by atoms with Crippen LogP contribution in [0.4, 0.5) is 11.4 Å². The van der Waals surface area contributed by atoms with Crippen molar-refractivity contribution in [1.82, 2.24) is 0 Å². The van der Waals surface area contributed by atoms with Gasteiger partial charge in [-0.2, -0.15) is 0 Å². The van der Waals surface area contributed by atoms with E-state index < -0.39 is 10.0 Å². The third-order valence-electron chi connectivity index (χ3n) is 4.02. The van der Waals surface area contributed by atoms with E-state index in [1.165, 1.54) is 0 Å². The molecule has 0 aromatic heterocycles. The van der Waals surface area contributed by atoms with Crippen LogP contribution in [0.1, 0.15) is 6.42 Å². The topological polar surface area (TPSA) is 58.6 Å². The minimum atomic E-state index is -3.54. The minimum Gasteiger partial charge on any atom is -0.380 e. The zero-order valence-corrected chi connectivity index (χ0v) is 13.8. The molecular formula is C17H20N2O3S. The molecule has 2 aromatic rings. The molecule has 122 valence electrons. The predicted molar refractivity (Wildman–Crippen MR) is 91.3 cm³/mol. The molecular weight excluding hydrogens is 312 g/mol. The number of methoxy groups -OCH3 is 1.